The zero-order valence-electron chi connectivity index (χ0n) is 11.0. The number of hydrogen-bond donors (Lipinski definition) is 1. The van der Waals surface area contributed by atoms with E-state index in [-0.39, 0.29) is 5.69 Å². The third-order valence-corrected chi connectivity index (χ3v) is 4.68. The van der Waals surface area contributed by atoms with Gasteiger partial charge < -0.3 is 14.4 Å². The van der Waals surface area contributed by atoms with Gasteiger partial charge in [-0.15, -0.1) is 0 Å². The van der Waals surface area contributed by atoms with Gasteiger partial charge >= 0.3 is 5.97 Å². The molecule has 0 saturated heterocycles. The van der Waals surface area contributed by atoms with Crippen LogP contribution in [0, 0.1) is 0 Å². The lowest BCUT2D eigenvalue weighted by molar-refractivity contribution is 0.0686. The van der Waals surface area contributed by atoms with Crippen LogP contribution in [0.1, 0.15) is 16.1 Å². The molecule has 0 spiro atoms. The normalized spacial score (nSPS) is 11.0. The summed E-state index contributed by atoms with van der Waals surface area (Å²) in [7, 11) is 1.61. The number of carboxylic acid groups (broad SMARTS) is 1. The maximum atomic E-state index is 11.4. The highest BCUT2D eigenvalue weighted by atomic mass is 79.9. The van der Waals surface area contributed by atoms with Crippen LogP contribution in [0.25, 0.3) is 10.3 Å². The number of carboxylic acids is 1. The molecule has 1 N–H and O–H groups in total. The van der Waals surface area contributed by atoms with Gasteiger partial charge in [-0.3, -0.25) is 0 Å². The van der Waals surface area contributed by atoms with E-state index in [0.29, 0.717) is 12.1 Å². The number of nitrogens with zero attached hydrogens (tertiary/aromatic N) is 2. The first-order valence-corrected chi connectivity index (χ1v) is 7.71. The molecule has 0 aliphatic rings. The predicted octanol–water partition coefficient (Wildman–Crippen LogP) is 3.62. The zero-order chi connectivity index (χ0) is 15.0. The van der Waals surface area contributed by atoms with E-state index in [4.69, 9.17) is 4.74 Å². The lowest BCUT2D eigenvalue weighted by atomic mass is 10.2. The Morgan fingerprint density at radius 2 is 2.14 bits per heavy atom. The van der Waals surface area contributed by atoms with Crippen LogP contribution in [0.5, 0.6) is 5.75 Å². The van der Waals surface area contributed by atoms with Crippen molar-refractivity contribution in [3.63, 3.8) is 0 Å². The minimum atomic E-state index is -0.954. The van der Waals surface area contributed by atoms with E-state index in [0.717, 1.165) is 20.1 Å². The van der Waals surface area contributed by atoms with Gasteiger partial charge in [-0.25, -0.2) is 9.78 Å². The molecule has 0 saturated carbocycles. The smallest absolute Gasteiger partial charge is 0.352 e. The van der Waals surface area contributed by atoms with Gasteiger partial charge in [-0.2, -0.15) is 0 Å². The summed E-state index contributed by atoms with van der Waals surface area (Å²) in [6.07, 6.45) is 0. The van der Waals surface area contributed by atoms with Gasteiger partial charge in [0.15, 0.2) is 3.92 Å². The highest BCUT2D eigenvalue weighted by molar-refractivity contribution is 9.11. The third-order valence-electron chi connectivity index (χ3n) is 3.14. The maximum Gasteiger partial charge on any atom is 0.352 e. The van der Waals surface area contributed by atoms with Gasteiger partial charge in [-0.1, -0.05) is 23.5 Å². The first-order valence-electron chi connectivity index (χ1n) is 6.10. The second kappa shape index (κ2) is 5.50. The standard InChI is InChI=1S/C14H11BrN2O3S/c1-20-9-4-2-8(3-5-9)7-17-11(13(18)19)6-10-12(17)21-14(15)16-10/h2-6H,7H2,1H3,(H,18,19). The SMILES string of the molecule is COc1ccc(Cn2c(C(=O)O)cc3nc(Br)sc32)cc1. The second-order valence-corrected chi connectivity index (χ2v) is 6.68. The topological polar surface area (TPSA) is 64.3 Å². The molecule has 0 atom stereocenters. The summed E-state index contributed by atoms with van der Waals surface area (Å²) >= 11 is 4.76. The Morgan fingerprint density at radius 3 is 2.76 bits per heavy atom. The van der Waals surface area contributed by atoms with Crippen molar-refractivity contribution in [2.45, 2.75) is 6.54 Å². The van der Waals surface area contributed by atoms with Crippen LogP contribution in [-0.4, -0.2) is 27.7 Å². The number of ether oxygens (including phenoxy) is 1. The van der Waals surface area contributed by atoms with E-state index in [2.05, 4.69) is 20.9 Å². The van der Waals surface area contributed by atoms with Gasteiger partial charge in [0.25, 0.3) is 0 Å². The van der Waals surface area contributed by atoms with Crippen LogP contribution in [0.15, 0.2) is 34.2 Å². The minimum Gasteiger partial charge on any atom is -0.497 e. The van der Waals surface area contributed by atoms with Crippen LogP contribution in [0.2, 0.25) is 0 Å². The van der Waals surface area contributed by atoms with E-state index in [1.807, 2.05) is 24.3 Å². The first-order chi connectivity index (χ1) is 10.1. The van der Waals surface area contributed by atoms with E-state index in [1.165, 1.54) is 11.3 Å². The van der Waals surface area contributed by atoms with Crippen molar-refractivity contribution in [1.29, 1.82) is 0 Å². The summed E-state index contributed by atoms with van der Waals surface area (Å²) in [4.78, 5) is 16.5. The molecule has 7 heteroatoms. The number of benzene rings is 1. The molecule has 2 heterocycles. The first kappa shape index (κ1) is 14.1. The molecular formula is C14H11BrN2O3S. The Hall–Kier alpha value is -1.86. The van der Waals surface area contributed by atoms with Crippen molar-refractivity contribution in [1.82, 2.24) is 9.55 Å². The molecule has 3 rings (SSSR count). The predicted molar refractivity (Wildman–Crippen MR) is 84.4 cm³/mol. The lowest BCUT2D eigenvalue weighted by Gasteiger charge is -2.08. The quantitative estimate of drug-likeness (QED) is 0.765. The third kappa shape index (κ3) is 2.66. The molecule has 2 aromatic heterocycles. The number of aromatic carboxylic acids is 1. The van der Waals surface area contributed by atoms with E-state index >= 15 is 0 Å². The molecule has 0 aliphatic carbocycles. The summed E-state index contributed by atoms with van der Waals surface area (Å²) in [6.45, 7) is 0.476. The lowest BCUT2D eigenvalue weighted by Crippen LogP contribution is -2.08. The van der Waals surface area contributed by atoms with Crippen LogP contribution in [-0.2, 0) is 6.54 Å². The molecule has 1 aromatic carbocycles. The molecule has 0 bridgehead atoms. The van der Waals surface area contributed by atoms with Gasteiger partial charge in [0, 0.05) is 6.54 Å². The molecule has 0 unspecified atom stereocenters. The molecule has 21 heavy (non-hydrogen) atoms. The van der Waals surface area contributed by atoms with E-state index in [1.54, 1.807) is 17.7 Å². The van der Waals surface area contributed by atoms with E-state index < -0.39 is 5.97 Å². The Morgan fingerprint density at radius 1 is 1.43 bits per heavy atom. The number of aromatic nitrogens is 2. The van der Waals surface area contributed by atoms with Crippen LogP contribution >= 0.6 is 27.3 Å². The molecule has 0 radical (unpaired) electrons. The number of hydrogen-bond acceptors (Lipinski definition) is 4. The van der Waals surface area contributed by atoms with Crippen molar-refractivity contribution >= 4 is 43.6 Å². The molecular weight excluding hydrogens is 356 g/mol. The molecule has 0 aliphatic heterocycles. The highest BCUT2D eigenvalue weighted by Gasteiger charge is 2.18. The van der Waals surface area contributed by atoms with Crippen LogP contribution in [0.4, 0.5) is 0 Å². The number of fused-ring (bicyclic) bond motifs is 1. The van der Waals surface area contributed by atoms with Crippen molar-refractivity contribution < 1.29 is 14.6 Å². The Balaban J connectivity index is 2.04. The number of rotatable bonds is 4. The summed E-state index contributed by atoms with van der Waals surface area (Å²) in [5.41, 5.74) is 1.94. The zero-order valence-corrected chi connectivity index (χ0v) is 13.4. The van der Waals surface area contributed by atoms with Gasteiger partial charge in [-0.05, 0) is 39.7 Å². The average molecular weight is 367 g/mol. The molecule has 3 aromatic rings. The van der Waals surface area contributed by atoms with Gasteiger partial charge in [0.05, 0.1) is 7.11 Å². The fraction of sp³-hybridized carbons (Fsp3) is 0.143. The summed E-state index contributed by atoms with van der Waals surface area (Å²) in [6, 6.07) is 9.17. The molecule has 108 valence electrons. The number of methoxy groups -OCH3 is 1. The minimum absolute atomic E-state index is 0.243. The number of halogens is 1. The van der Waals surface area contributed by atoms with E-state index in [9.17, 15) is 9.90 Å². The van der Waals surface area contributed by atoms with Gasteiger partial charge in [0.2, 0.25) is 0 Å². The van der Waals surface area contributed by atoms with Crippen molar-refractivity contribution in [2.24, 2.45) is 0 Å². The number of carbonyl (C=O) groups is 1. The largest absolute Gasteiger partial charge is 0.497 e. The van der Waals surface area contributed by atoms with Gasteiger partial charge in [0.1, 0.15) is 21.8 Å². The maximum absolute atomic E-state index is 11.4. The molecule has 0 fully saturated rings. The van der Waals surface area contributed by atoms with Crippen molar-refractivity contribution in [2.75, 3.05) is 7.11 Å². The number of thiazole rings is 1. The second-order valence-electron chi connectivity index (χ2n) is 4.43. The Labute approximate surface area is 132 Å². The van der Waals surface area contributed by atoms with Crippen LogP contribution in [0.3, 0.4) is 0 Å². The fourth-order valence-corrected chi connectivity index (χ4v) is 3.59. The highest BCUT2D eigenvalue weighted by Crippen LogP contribution is 2.30. The summed E-state index contributed by atoms with van der Waals surface area (Å²) in [5.74, 6) is -0.180. The summed E-state index contributed by atoms with van der Waals surface area (Å²) in [5, 5.41) is 9.34. The van der Waals surface area contributed by atoms with Crippen molar-refractivity contribution in [3.05, 3.63) is 45.5 Å². The summed E-state index contributed by atoms with van der Waals surface area (Å²) < 4.78 is 7.63. The molecule has 5 nitrogen and oxygen atoms in total. The average Bonchev–Trinajstić information content (AvgIpc) is 2.97. The Bertz CT molecular complexity index is 808. The van der Waals surface area contributed by atoms with Crippen molar-refractivity contribution in [3.8, 4) is 5.75 Å². The fourth-order valence-electron chi connectivity index (χ4n) is 2.15. The van der Waals surface area contributed by atoms with Crippen LogP contribution < -0.4 is 4.74 Å². The molecule has 0 amide bonds. The Kier molecular flexibility index (Phi) is 3.69. The monoisotopic (exact) mass is 366 g/mol.